The lowest BCUT2D eigenvalue weighted by Gasteiger charge is -2.19. The fraction of sp³-hybridized carbons (Fsp3) is 0.286. The van der Waals surface area contributed by atoms with Crippen LogP contribution in [0.3, 0.4) is 0 Å². The molecular weight excluding hydrogens is 492 g/mol. The van der Waals surface area contributed by atoms with Gasteiger partial charge in [0.2, 0.25) is 0 Å². The molecule has 1 amide bonds. The zero-order chi connectivity index (χ0) is 26.9. The molecule has 0 aliphatic heterocycles. The van der Waals surface area contributed by atoms with Gasteiger partial charge in [-0.25, -0.2) is 0 Å². The predicted molar refractivity (Wildman–Crippen MR) is 144 cm³/mol. The normalized spacial score (nSPS) is 11.7. The van der Waals surface area contributed by atoms with Crippen molar-refractivity contribution in [2.24, 2.45) is 5.73 Å². The number of Topliss-reactive ketones (excluding diaryl/α,β-unsaturated/α-hetero) is 1. The highest BCUT2D eigenvalue weighted by molar-refractivity contribution is 6.31. The van der Waals surface area contributed by atoms with Gasteiger partial charge in [0, 0.05) is 28.9 Å². The number of nitrogens with two attached hydrogens (primary N) is 1. The van der Waals surface area contributed by atoms with Gasteiger partial charge in [-0.3, -0.25) is 23.6 Å². The largest absolute Gasteiger partial charge is 0.390 e. The molecule has 4 rings (SSSR count). The average Bonchev–Trinajstić information content (AvgIpc) is 3.27. The summed E-state index contributed by atoms with van der Waals surface area (Å²) in [6, 6.07) is 15.9. The van der Waals surface area contributed by atoms with Crippen LogP contribution in [0, 0.1) is 0 Å². The molecule has 2 heterocycles. The number of fused-ring (bicyclic) bond motifs is 1. The van der Waals surface area contributed by atoms with Crippen LogP contribution in [0.15, 0.2) is 59.4 Å². The van der Waals surface area contributed by atoms with E-state index in [0.29, 0.717) is 33.5 Å². The van der Waals surface area contributed by atoms with E-state index in [1.54, 1.807) is 39.0 Å². The van der Waals surface area contributed by atoms with Crippen molar-refractivity contribution in [2.45, 2.75) is 52.3 Å². The van der Waals surface area contributed by atoms with E-state index in [1.807, 2.05) is 30.3 Å². The van der Waals surface area contributed by atoms with Crippen LogP contribution in [0.2, 0.25) is 5.02 Å². The molecule has 3 N–H and O–H groups in total. The molecule has 192 valence electrons. The Morgan fingerprint density at radius 2 is 1.78 bits per heavy atom. The second-order valence-corrected chi connectivity index (χ2v) is 10.1. The summed E-state index contributed by atoms with van der Waals surface area (Å²) in [4.78, 5) is 39.2. The molecule has 0 fully saturated rings. The maximum Gasteiger partial charge on any atom is 0.266 e. The Labute approximate surface area is 219 Å². The number of benzene rings is 2. The van der Waals surface area contributed by atoms with Crippen molar-refractivity contribution in [3.05, 3.63) is 87.1 Å². The van der Waals surface area contributed by atoms with Gasteiger partial charge in [0.25, 0.3) is 11.5 Å². The van der Waals surface area contributed by atoms with E-state index < -0.39 is 11.5 Å². The lowest BCUT2D eigenvalue weighted by molar-refractivity contribution is 0.0643. The first-order chi connectivity index (χ1) is 17.5. The number of aryl methyl sites for hydroxylation is 1. The van der Waals surface area contributed by atoms with Crippen molar-refractivity contribution in [3.63, 3.8) is 0 Å². The molecule has 0 unspecified atom stereocenters. The molecule has 9 heteroatoms. The first-order valence-electron chi connectivity index (χ1n) is 12.0. The molecule has 37 heavy (non-hydrogen) atoms. The zero-order valence-electron chi connectivity index (χ0n) is 21.0. The third-order valence-corrected chi connectivity index (χ3v) is 6.45. The number of halogens is 1. The number of rotatable bonds is 9. The topological polar surface area (TPSA) is 120 Å². The van der Waals surface area contributed by atoms with Gasteiger partial charge in [-0.2, -0.15) is 5.10 Å². The van der Waals surface area contributed by atoms with Gasteiger partial charge in [0.1, 0.15) is 5.69 Å². The summed E-state index contributed by atoms with van der Waals surface area (Å²) < 4.78 is 2.85. The lowest BCUT2D eigenvalue weighted by Crippen LogP contribution is -2.28. The predicted octanol–water partition coefficient (Wildman–Crippen LogP) is 4.42. The van der Waals surface area contributed by atoms with E-state index in [-0.39, 0.29) is 42.2 Å². The SMILES string of the molecule is CCC(=O)c1c(-c2ccccc2)c2cc(Cl)ccc2c(=O)n1Cc1cc(C(N)=O)n(CCC(C)(C)O)n1. The Kier molecular flexibility index (Phi) is 7.34. The summed E-state index contributed by atoms with van der Waals surface area (Å²) in [6.07, 6.45) is 0.515. The number of amides is 1. The van der Waals surface area contributed by atoms with Gasteiger partial charge >= 0.3 is 0 Å². The number of aliphatic hydroxyl groups is 1. The van der Waals surface area contributed by atoms with Gasteiger partial charge in [-0.15, -0.1) is 0 Å². The van der Waals surface area contributed by atoms with Crippen LogP contribution in [0.5, 0.6) is 0 Å². The molecule has 0 aliphatic rings. The summed E-state index contributed by atoms with van der Waals surface area (Å²) in [5, 5.41) is 16.1. The van der Waals surface area contributed by atoms with E-state index >= 15 is 0 Å². The van der Waals surface area contributed by atoms with E-state index in [9.17, 15) is 19.5 Å². The number of carbonyl (C=O) groups excluding carboxylic acids is 2. The van der Waals surface area contributed by atoms with Crippen molar-refractivity contribution in [1.82, 2.24) is 14.3 Å². The third kappa shape index (κ3) is 5.50. The van der Waals surface area contributed by atoms with Gasteiger partial charge < -0.3 is 10.8 Å². The standard InChI is InChI=1S/C28H29ClN4O4/c1-4-23(34)25-24(17-8-6-5-7-9-17)21-14-18(29)10-11-20(21)27(36)32(25)16-19-15-22(26(30)35)33(31-19)13-12-28(2,3)37/h5-11,14-15,37H,4,12-13,16H2,1-3H3,(H2,30,35). The van der Waals surface area contributed by atoms with Crippen LogP contribution < -0.4 is 11.3 Å². The summed E-state index contributed by atoms with van der Waals surface area (Å²) in [5.41, 5.74) is 6.43. The van der Waals surface area contributed by atoms with Gasteiger partial charge in [0.15, 0.2) is 5.78 Å². The van der Waals surface area contributed by atoms with Crippen molar-refractivity contribution in [3.8, 4) is 11.1 Å². The highest BCUT2D eigenvalue weighted by atomic mass is 35.5. The van der Waals surface area contributed by atoms with Gasteiger partial charge in [-0.05, 0) is 55.5 Å². The number of primary amides is 1. The summed E-state index contributed by atoms with van der Waals surface area (Å²) >= 11 is 6.31. The van der Waals surface area contributed by atoms with E-state index in [4.69, 9.17) is 17.3 Å². The number of pyridine rings is 1. The zero-order valence-corrected chi connectivity index (χ0v) is 21.7. The summed E-state index contributed by atoms with van der Waals surface area (Å²) in [6.45, 7) is 5.27. The fourth-order valence-electron chi connectivity index (χ4n) is 4.38. The molecular formula is C28H29ClN4O4. The van der Waals surface area contributed by atoms with Crippen LogP contribution >= 0.6 is 11.6 Å². The molecule has 4 aromatic rings. The second kappa shape index (κ2) is 10.3. The van der Waals surface area contributed by atoms with Crippen LogP contribution in [0.25, 0.3) is 21.9 Å². The molecule has 0 aliphatic carbocycles. The number of hydrogen-bond donors (Lipinski definition) is 2. The van der Waals surface area contributed by atoms with Crippen LogP contribution in [-0.2, 0) is 13.1 Å². The summed E-state index contributed by atoms with van der Waals surface area (Å²) in [5.74, 6) is -0.890. The smallest absolute Gasteiger partial charge is 0.266 e. The van der Waals surface area contributed by atoms with Gasteiger partial charge in [0.05, 0.1) is 23.5 Å². The van der Waals surface area contributed by atoms with E-state index in [1.165, 1.54) is 15.3 Å². The molecule has 2 aromatic carbocycles. The van der Waals surface area contributed by atoms with Crippen LogP contribution in [0.4, 0.5) is 0 Å². The number of nitrogens with zero attached hydrogens (tertiary/aromatic N) is 3. The minimum Gasteiger partial charge on any atom is -0.390 e. The average molecular weight is 521 g/mol. The minimum absolute atomic E-state index is 0.0475. The van der Waals surface area contributed by atoms with Crippen molar-refractivity contribution < 1.29 is 14.7 Å². The van der Waals surface area contributed by atoms with Crippen LogP contribution in [0.1, 0.15) is 60.3 Å². The number of carbonyl (C=O) groups is 2. The first kappa shape index (κ1) is 26.3. The molecule has 0 atom stereocenters. The van der Waals surface area contributed by atoms with Crippen molar-refractivity contribution >= 4 is 34.1 Å². The molecule has 2 aromatic heterocycles. The fourth-order valence-corrected chi connectivity index (χ4v) is 4.55. The Morgan fingerprint density at radius 3 is 2.41 bits per heavy atom. The van der Waals surface area contributed by atoms with Gasteiger partial charge in [-0.1, -0.05) is 48.9 Å². The molecule has 8 nitrogen and oxygen atoms in total. The Bertz CT molecular complexity index is 1550. The monoisotopic (exact) mass is 520 g/mol. The summed E-state index contributed by atoms with van der Waals surface area (Å²) in [7, 11) is 0. The molecule has 0 bridgehead atoms. The van der Waals surface area contributed by atoms with Crippen molar-refractivity contribution in [1.29, 1.82) is 0 Å². The number of aromatic nitrogens is 3. The van der Waals surface area contributed by atoms with E-state index in [0.717, 1.165) is 5.56 Å². The Balaban J connectivity index is 1.96. The highest BCUT2D eigenvalue weighted by Crippen LogP contribution is 2.33. The molecule has 0 saturated heterocycles. The second-order valence-electron chi connectivity index (χ2n) is 9.62. The minimum atomic E-state index is -0.969. The molecule has 0 radical (unpaired) electrons. The highest BCUT2D eigenvalue weighted by Gasteiger charge is 2.24. The maximum absolute atomic E-state index is 13.8. The molecule has 0 spiro atoms. The molecule has 0 saturated carbocycles. The van der Waals surface area contributed by atoms with E-state index in [2.05, 4.69) is 5.10 Å². The Morgan fingerprint density at radius 1 is 1.08 bits per heavy atom. The first-order valence-corrected chi connectivity index (χ1v) is 12.4. The number of hydrogen-bond acceptors (Lipinski definition) is 5. The lowest BCUT2D eigenvalue weighted by atomic mass is 9.94. The maximum atomic E-state index is 13.8. The Hall–Kier alpha value is -3.75. The quantitative estimate of drug-likeness (QED) is 0.316. The van der Waals surface area contributed by atoms with Crippen molar-refractivity contribution in [2.75, 3.05) is 0 Å². The number of ketones is 1. The van der Waals surface area contributed by atoms with Crippen LogP contribution in [-0.4, -0.2) is 36.7 Å². The third-order valence-electron chi connectivity index (χ3n) is 6.22.